The van der Waals surface area contributed by atoms with Gasteiger partial charge in [-0.25, -0.2) is 4.39 Å². The predicted molar refractivity (Wildman–Crippen MR) is 98.5 cm³/mol. The maximum atomic E-state index is 14.0. The lowest BCUT2D eigenvalue weighted by Gasteiger charge is -2.38. The SMILES string of the molecule is COc1ccccc1C1(CNC(=O)c2c(F)cccc2Cl)CCOCC1. The molecule has 1 N–H and O–H groups in total. The fourth-order valence-electron chi connectivity index (χ4n) is 3.44. The van der Waals surface area contributed by atoms with E-state index in [1.54, 1.807) is 7.11 Å². The highest BCUT2D eigenvalue weighted by atomic mass is 35.5. The van der Waals surface area contributed by atoms with Crippen molar-refractivity contribution in [2.75, 3.05) is 26.9 Å². The summed E-state index contributed by atoms with van der Waals surface area (Å²) in [6, 6.07) is 12.0. The van der Waals surface area contributed by atoms with E-state index in [4.69, 9.17) is 21.1 Å². The number of hydrogen-bond donors (Lipinski definition) is 1. The zero-order chi connectivity index (χ0) is 18.6. The van der Waals surface area contributed by atoms with Gasteiger partial charge in [0, 0.05) is 30.7 Å². The molecule has 0 aliphatic carbocycles. The quantitative estimate of drug-likeness (QED) is 0.857. The first-order valence-electron chi connectivity index (χ1n) is 8.51. The van der Waals surface area contributed by atoms with Gasteiger partial charge in [-0.3, -0.25) is 4.79 Å². The molecule has 1 aliphatic rings. The lowest BCUT2D eigenvalue weighted by Crippen LogP contribution is -2.45. The molecule has 1 saturated heterocycles. The summed E-state index contributed by atoms with van der Waals surface area (Å²) in [7, 11) is 1.63. The summed E-state index contributed by atoms with van der Waals surface area (Å²) in [6.45, 7) is 1.53. The van der Waals surface area contributed by atoms with Crippen molar-refractivity contribution in [3.63, 3.8) is 0 Å². The Morgan fingerprint density at radius 2 is 1.96 bits per heavy atom. The second kappa shape index (κ2) is 8.06. The molecule has 0 spiro atoms. The van der Waals surface area contributed by atoms with Crippen LogP contribution in [0.1, 0.15) is 28.8 Å². The summed E-state index contributed by atoms with van der Waals surface area (Å²) < 4.78 is 25.1. The molecule has 2 aromatic carbocycles. The number of carbonyl (C=O) groups excluding carboxylic acids is 1. The predicted octanol–water partition coefficient (Wildman–Crippen LogP) is 3.97. The topological polar surface area (TPSA) is 47.6 Å². The number of rotatable bonds is 5. The van der Waals surface area contributed by atoms with Gasteiger partial charge in [0.15, 0.2) is 0 Å². The van der Waals surface area contributed by atoms with Crippen LogP contribution in [0.25, 0.3) is 0 Å². The summed E-state index contributed by atoms with van der Waals surface area (Å²) in [5.41, 5.74) is 0.556. The molecule has 138 valence electrons. The van der Waals surface area contributed by atoms with Gasteiger partial charge in [-0.05, 0) is 31.0 Å². The second-order valence-electron chi connectivity index (χ2n) is 6.37. The zero-order valence-electron chi connectivity index (χ0n) is 14.6. The molecule has 2 aromatic rings. The van der Waals surface area contributed by atoms with Crippen molar-refractivity contribution in [1.82, 2.24) is 5.32 Å². The van der Waals surface area contributed by atoms with E-state index in [0.29, 0.717) is 19.8 Å². The minimum atomic E-state index is -0.631. The molecular weight excluding hydrogens is 357 g/mol. The Kier molecular flexibility index (Phi) is 5.79. The fourth-order valence-corrected chi connectivity index (χ4v) is 3.69. The molecule has 6 heteroatoms. The van der Waals surface area contributed by atoms with Crippen LogP contribution in [0.5, 0.6) is 5.75 Å². The van der Waals surface area contributed by atoms with Gasteiger partial charge in [0.2, 0.25) is 0 Å². The number of methoxy groups -OCH3 is 1. The molecule has 0 saturated carbocycles. The number of hydrogen-bond acceptors (Lipinski definition) is 3. The van der Waals surface area contributed by atoms with Crippen molar-refractivity contribution in [3.05, 3.63) is 64.4 Å². The first kappa shape index (κ1) is 18.7. The number of nitrogens with one attached hydrogen (secondary N) is 1. The van der Waals surface area contributed by atoms with Gasteiger partial charge >= 0.3 is 0 Å². The molecule has 1 amide bonds. The number of benzene rings is 2. The third-order valence-corrected chi connectivity index (χ3v) is 5.22. The molecule has 0 aromatic heterocycles. The minimum absolute atomic E-state index is 0.0980. The molecule has 0 atom stereocenters. The van der Waals surface area contributed by atoms with E-state index in [2.05, 4.69) is 5.32 Å². The zero-order valence-corrected chi connectivity index (χ0v) is 15.3. The lowest BCUT2D eigenvalue weighted by molar-refractivity contribution is 0.0478. The number of para-hydroxylation sites is 1. The maximum absolute atomic E-state index is 14.0. The fraction of sp³-hybridized carbons (Fsp3) is 0.350. The summed E-state index contributed by atoms with van der Waals surface area (Å²) in [4.78, 5) is 12.6. The largest absolute Gasteiger partial charge is 0.496 e. The van der Waals surface area contributed by atoms with Gasteiger partial charge in [0.1, 0.15) is 11.6 Å². The van der Waals surface area contributed by atoms with Gasteiger partial charge in [-0.1, -0.05) is 35.9 Å². The van der Waals surface area contributed by atoms with Crippen LogP contribution in [0.15, 0.2) is 42.5 Å². The molecule has 4 nitrogen and oxygen atoms in total. The molecule has 3 rings (SSSR count). The molecule has 0 unspecified atom stereocenters. The third-order valence-electron chi connectivity index (χ3n) is 4.91. The summed E-state index contributed by atoms with van der Waals surface area (Å²) in [6.07, 6.45) is 1.47. The molecule has 1 fully saturated rings. The van der Waals surface area contributed by atoms with E-state index < -0.39 is 11.7 Å². The van der Waals surface area contributed by atoms with E-state index in [1.165, 1.54) is 18.2 Å². The Bertz CT molecular complexity index is 770. The standard InChI is InChI=1S/C20H21ClFNO3/c1-25-17-8-3-2-5-14(17)20(9-11-26-12-10-20)13-23-19(24)18-15(21)6-4-7-16(18)22/h2-8H,9-13H2,1H3,(H,23,24). The first-order valence-corrected chi connectivity index (χ1v) is 8.89. The highest BCUT2D eigenvalue weighted by Crippen LogP contribution is 2.39. The van der Waals surface area contributed by atoms with Crippen molar-refractivity contribution in [1.29, 1.82) is 0 Å². The van der Waals surface area contributed by atoms with Crippen molar-refractivity contribution >= 4 is 17.5 Å². The van der Waals surface area contributed by atoms with Crippen LogP contribution >= 0.6 is 11.6 Å². The highest BCUT2D eigenvalue weighted by molar-refractivity contribution is 6.33. The molecule has 0 bridgehead atoms. The van der Waals surface area contributed by atoms with E-state index in [9.17, 15) is 9.18 Å². The van der Waals surface area contributed by atoms with Crippen molar-refractivity contribution in [2.45, 2.75) is 18.3 Å². The minimum Gasteiger partial charge on any atom is -0.496 e. The number of ether oxygens (including phenoxy) is 2. The third kappa shape index (κ3) is 3.69. The molecule has 26 heavy (non-hydrogen) atoms. The van der Waals surface area contributed by atoms with Gasteiger partial charge < -0.3 is 14.8 Å². The Hall–Kier alpha value is -2.11. The van der Waals surface area contributed by atoms with Gasteiger partial charge in [-0.2, -0.15) is 0 Å². The van der Waals surface area contributed by atoms with Gasteiger partial charge in [0.25, 0.3) is 5.91 Å². The normalized spacial score (nSPS) is 16.1. The van der Waals surface area contributed by atoms with Crippen LogP contribution < -0.4 is 10.1 Å². The van der Waals surface area contributed by atoms with E-state index in [1.807, 2.05) is 24.3 Å². The van der Waals surface area contributed by atoms with Gasteiger partial charge in [0.05, 0.1) is 17.7 Å². The Morgan fingerprint density at radius 1 is 1.23 bits per heavy atom. The van der Waals surface area contributed by atoms with Crippen LogP contribution in [-0.4, -0.2) is 32.8 Å². The highest BCUT2D eigenvalue weighted by Gasteiger charge is 2.37. The molecular formula is C20H21ClFNO3. The average Bonchev–Trinajstić information content (AvgIpc) is 2.67. The van der Waals surface area contributed by atoms with E-state index >= 15 is 0 Å². The van der Waals surface area contributed by atoms with Crippen LogP contribution in [0.4, 0.5) is 4.39 Å². The number of halogens is 2. The van der Waals surface area contributed by atoms with Crippen LogP contribution in [-0.2, 0) is 10.2 Å². The Morgan fingerprint density at radius 3 is 2.65 bits per heavy atom. The van der Waals surface area contributed by atoms with Crippen molar-refractivity contribution in [2.24, 2.45) is 0 Å². The second-order valence-corrected chi connectivity index (χ2v) is 6.78. The lowest BCUT2D eigenvalue weighted by atomic mass is 9.73. The van der Waals surface area contributed by atoms with Crippen LogP contribution in [0, 0.1) is 5.82 Å². The molecule has 1 heterocycles. The van der Waals surface area contributed by atoms with Crippen molar-refractivity contribution < 1.29 is 18.7 Å². The average molecular weight is 378 g/mol. The van der Waals surface area contributed by atoms with E-state index in [-0.39, 0.29) is 16.0 Å². The van der Waals surface area contributed by atoms with E-state index in [0.717, 1.165) is 24.2 Å². The number of amides is 1. The first-order chi connectivity index (χ1) is 12.6. The smallest absolute Gasteiger partial charge is 0.255 e. The summed E-state index contributed by atoms with van der Waals surface area (Å²) in [5, 5.41) is 2.96. The monoisotopic (exact) mass is 377 g/mol. The Balaban J connectivity index is 1.87. The van der Waals surface area contributed by atoms with Gasteiger partial charge in [-0.15, -0.1) is 0 Å². The molecule has 1 aliphatic heterocycles. The number of carbonyl (C=O) groups is 1. The van der Waals surface area contributed by atoms with Crippen LogP contribution in [0.2, 0.25) is 5.02 Å². The summed E-state index contributed by atoms with van der Waals surface area (Å²) >= 11 is 6.00. The summed E-state index contributed by atoms with van der Waals surface area (Å²) in [5.74, 6) is -0.380. The maximum Gasteiger partial charge on any atom is 0.255 e. The van der Waals surface area contributed by atoms with Crippen LogP contribution in [0.3, 0.4) is 0 Å². The van der Waals surface area contributed by atoms with Crippen molar-refractivity contribution in [3.8, 4) is 5.75 Å². The Labute approximate surface area is 157 Å². The molecule has 0 radical (unpaired) electrons.